The normalized spacial score (nSPS) is 14.2. The molecule has 0 aromatic carbocycles. The van der Waals surface area contributed by atoms with Gasteiger partial charge in [-0.05, 0) is 12.3 Å². The number of urea groups is 1. The summed E-state index contributed by atoms with van der Waals surface area (Å²) in [7, 11) is 0. The second-order valence-corrected chi connectivity index (χ2v) is 4.28. The minimum Gasteiger partial charge on any atom is -0.480 e. The van der Waals surface area contributed by atoms with Gasteiger partial charge >= 0.3 is 12.0 Å². The van der Waals surface area contributed by atoms with E-state index in [2.05, 4.69) is 10.6 Å². The molecule has 0 aliphatic carbocycles. The van der Waals surface area contributed by atoms with Gasteiger partial charge < -0.3 is 20.8 Å². The van der Waals surface area contributed by atoms with Crippen molar-refractivity contribution in [1.82, 2.24) is 10.6 Å². The van der Waals surface area contributed by atoms with Crippen molar-refractivity contribution in [1.29, 1.82) is 0 Å². The molecule has 0 bridgehead atoms. The molecule has 0 rings (SSSR count). The number of aliphatic carboxylic acids is 1. The van der Waals surface area contributed by atoms with Gasteiger partial charge in [0.1, 0.15) is 6.04 Å². The molecule has 2 atom stereocenters. The van der Waals surface area contributed by atoms with Crippen LogP contribution in [0.2, 0.25) is 0 Å². The lowest BCUT2D eigenvalue weighted by molar-refractivity contribution is -0.139. The average molecular weight is 246 g/mol. The molecule has 0 aliphatic rings. The van der Waals surface area contributed by atoms with Crippen LogP contribution in [0.4, 0.5) is 4.79 Å². The molecule has 0 saturated heterocycles. The fraction of sp³-hybridized carbons (Fsp3) is 0.818. The molecule has 17 heavy (non-hydrogen) atoms. The lowest BCUT2D eigenvalue weighted by Gasteiger charge is -2.22. The van der Waals surface area contributed by atoms with Crippen LogP contribution in [0, 0.1) is 5.92 Å². The Hall–Kier alpha value is -1.30. The molecule has 2 amide bonds. The Bertz CT molecular complexity index is 256. The van der Waals surface area contributed by atoms with E-state index < -0.39 is 18.0 Å². The monoisotopic (exact) mass is 246 g/mol. The number of carboxylic acids is 1. The van der Waals surface area contributed by atoms with Crippen LogP contribution in [-0.2, 0) is 4.79 Å². The van der Waals surface area contributed by atoms with E-state index >= 15 is 0 Å². The highest BCUT2D eigenvalue weighted by Gasteiger charge is 2.21. The number of rotatable bonds is 7. The quantitative estimate of drug-likeness (QED) is 0.527. The molecule has 0 aliphatic heterocycles. The van der Waals surface area contributed by atoms with Gasteiger partial charge in [0.05, 0.1) is 0 Å². The zero-order valence-electron chi connectivity index (χ0n) is 10.6. The summed E-state index contributed by atoms with van der Waals surface area (Å²) in [5, 5.41) is 22.5. The van der Waals surface area contributed by atoms with Gasteiger partial charge in [-0.2, -0.15) is 0 Å². The van der Waals surface area contributed by atoms with Crippen molar-refractivity contribution >= 4 is 12.0 Å². The molecule has 100 valence electrons. The minimum atomic E-state index is -1.15. The molecule has 0 saturated carbocycles. The van der Waals surface area contributed by atoms with Gasteiger partial charge in [0.25, 0.3) is 0 Å². The number of amides is 2. The molecule has 4 N–H and O–H groups in total. The van der Waals surface area contributed by atoms with Crippen LogP contribution < -0.4 is 10.6 Å². The highest BCUT2D eigenvalue weighted by atomic mass is 16.4. The second kappa shape index (κ2) is 7.89. The van der Waals surface area contributed by atoms with Crippen LogP contribution >= 0.6 is 0 Å². The number of carbonyl (C=O) groups is 2. The first-order chi connectivity index (χ1) is 7.92. The van der Waals surface area contributed by atoms with E-state index in [1.54, 1.807) is 0 Å². The molecule has 0 radical (unpaired) electrons. The van der Waals surface area contributed by atoms with E-state index in [1.165, 1.54) is 0 Å². The van der Waals surface area contributed by atoms with Crippen molar-refractivity contribution < 1.29 is 19.8 Å². The number of nitrogens with one attached hydrogen (secondary N) is 2. The third kappa shape index (κ3) is 6.11. The van der Waals surface area contributed by atoms with Crippen molar-refractivity contribution in [2.75, 3.05) is 6.61 Å². The van der Waals surface area contributed by atoms with Crippen LogP contribution in [0.1, 0.15) is 33.6 Å². The fourth-order valence-corrected chi connectivity index (χ4v) is 1.49. The average Bonchev–Trinajstić information content (AvgIpc) is 2.24. The second-order valence-electron chi connectivity index (χ2n) is 4.28. The molecule has 0 heterocycles. The van der Waals surface area contributed by atoms with Crippen LogP contribution in [-0.4, -0.2) is 40.9 Å². The van der Waals surface area contributed by atoms with Crippen LogP contribution in [0.15, 0.2) is 0 Å². The van der Waals surface area contributed by atoms with Gasteiger partial charge in [-0.15, -0.1) is 0 Å². The number of carbonyl (C=O) groups excluding carboxylic acids is 1. The topological polar surface area (TPSA) is 98.7 Å². The first kappa shape index (κ1) is 15.7. The Morgan fingerprint density at radius 3 is 2.18 bits per heavy atom. The Morgan fingerprint density at radius 1 is 1.24 bits per heavy atom. The molecular weight excluding hydrogens is 224 g/mol. The number of hydrogen-bond donors (Lipinski definition) is 4. The summed E-state index contributed by atoms with van der Waals surface area (Å²) in [4.78, 5) is 22.3. The van der Waals surface area contributed by atoms with Crippen molar-refractivity contribution in [3.63, 3.8) is 0 Å². The smallest absolute Gasteiger partial charge is 0.326 e. The Morgan fingerprint density at radius 2 is 1.82 bits per heavy atom. The van der Waals surface area contributed by atoms with Gasteiger partial charge in [-0.1, -0.05) is 20.8 Å². The minimum absolute atomic E-state index is 0.00121. The summed E-state index contributed by atoms with van der Waals surface area (Å²) < 4.78 is 0. The predicted octanol–water partition coefficient (Wildman–Crippen LogP) is 0.556. The SMILES string of the molecule is CCC(NC(=O)N[C@@H](CCO)C(=O)O)C(C)C. The van der Waals surface area contributed by atoms with Gasteiger partial charge in [0.15, 0.2) is 0 Å². The summed E-state index contributed by atoms with van der Waals surface area (Å²) in [5.74, 6) is -0.862. The van der Waals surface area contributed by atoms with E-state index in [0.717, 1.165) is 6.42 Å². The van der Waals surface area contributed by atoms with E-state index in [0.29, 0.717) is 0 Å². The Kier molecular flexibility index (Phi) is 7.29. The van der Waals surface area contributed by atoms with Crippen molar-refractivity contribution in [3.05, 3.63) is 0 Å². The largest absolute Gasteiger partial charge is 0.480 e. The van der Waals surface area contributed by atoms with E-state index in [9.17, 15) is 9.59 Å². The maximum Gasteiger partial charge on any atom is 0.326 e. The molecule has 0 aromatic rings. The highest BCUT2D eigenvalue weighted by Crippen LogP contribution is 2.05. The molecule has 0 fully saturated rings. The van der Waals surface area contributed by atoms with Gasteiger partial charge in [-0.25, -0.2) is 9.59 Å². The lowest BCUT2D eigenvalue weighted by atomic mass is 10.0. The zero-order valence-corrected chi connectivity index (χ0v) is 10.6. The maximum atomic E-state index is 11.5. The molecule has 0 spiro atoms. The molecule has 6 nitrogen and oxygen atoms in total. The van der Waals surface area contributed by atoms with Crippen LogP contribution in [0.25, 0.3) is 0 Å². The molecule has 6 heteroatoms. The van der Waals surface area contributed by atoms with E-state index in [1.807, 2.05) is 20.8 Å². The lowest BCUT2D eigenvalue weighted by Crippen LogP contribution is -2.50. The third-order valence-corrected chi connectivity index (χ3v) is 2.58. The Balaban J connectivity index is 4.26. The van der Waals surface area contributed by atoms with Crippen LogP contribution in [0.5, 0.6) is 0 Å². The zero-order chi connectivity index (χ0) is 13.4. The van der Waals surface area contributed by atoms with Crippen molar-refractivity contribution in [2.24, 2.45) is 5.92 Å². The van der Waals surface area contributed by atoms with Crippen molar-refractivity contribution in [3.8, 4) is 0 Å². The number of aliphatic hydroxyl groups excluding tert-OH is 1. The van der Waals surface area contributed by atoms with Crippen LogP contribution in [0.3, 0.4) is 0 Å². The number of carboxylic acid groups (broad SMARTS) is 1. The summed E-state index contributed by atoms with van der Waals surface area (Å²) in [6.07, 6.45) is 0.782. The van der Waals surface area contributed by atoms with E-state index in [-0.39, 0.29) is 25.0 Å². The summed E-state index contributed by atoms with van der Waals surface area (Å²) in [5.41, 5.74) is 0. The van der Waals surface area contributed by atoms with Gasteiger partial charge in [0.2, 0.25) is 0 Å². The first-order valence-corrected chi connectivity index (χ1v) is 5.83. The maximum absolute atomic E-state index is 11.5. The van der Waals surface area contributed by atoms with Gasteiger partial charge in [-0.3, -0.25) is 0 Å². The third-order valence-electron chi connectivity index (χ3n) is 2.58. The Labute approximate surface area is 101 Å². The summed E-state index contributed by atoms with van der Waals surface area (Å²) in [6.45, 7) is 5.64. The fourth-order valence-electron chi connectivity index (χ4n) is 1.49. The summed E-state index contributed by atoms with van der Waals surface area (Å²) >= 11 is 0. The van der Waals surface area contributed by atoms with Crippen molar-refractivity contribution in [2.45, 2.75) is 45.7 Å². The standard InChI is InChI=1S/C11H22N2O4/c1-4-8(7(2)3)12-11(17)13-9(5-6-14)10(15)16/h7-9,14H,4-6H2,1-3H3,(H,15,16)(H2,12,13,17)/t8?,9-/m0/s1. The number of aliphatic hydroxyl groups is 1. The summed E-state index contributed by atoms with van der Waals surface area (Å²) in [6, 6.07) is -1.55. The van der Waals surface area contributed by atoms with E-state index in [4.69, 9.17) is 10.2 Å². The van der Waals surface area contributed by atoms with Gasteiger partial charge in [0, 0.05) is 19.1 Å². The highest BCUT2D eigenvalue weighted by molar-refractivity contribution is 5.82. The molecular formula is C11H22N2O4. The molecule has 0 aromatic heterocycles. The predicted molar refractivity (Wildman–Crippen MR) is 63.7 cm³/mol. The molecule has 1 unspecified atom stereocenters. The number of hydrogen-bond acceptors (Lipinski definition) is 3. The first-order valence-electron chi connectivity index (χ1n) is 5.83.